The third kappa shape index (κ3) is 3.49. The van der Waals surface area contributed by atoms with Gasteiger partial charge in [0.2, 0.25) is 10.0 Å². The lowest BCUT2D eigenvalue weighted by molar-refractivity contribution is 0.258. The summed E-state index contributed by atoms with van der Waals surface area (Å²) in [7, 11) is -3.70. The minimum Gasteiger partial charge on any atom is -0.398 e. The zero-order valence-corrected chi connectivity index (χ0v) is 12.6. The Bertz CT molecular complexity index is 579. The number of anilines is 1. The lowest BCUT2D eigenvalue weighted by atomic mass is 9.81. The van der Waals surface area contributed by atoms with Crippen molar-refractivity contribution < 1.29 is 12.8 Å². The van der Waals surface area contributed by atoms with Crippen LogP contribution in [0.1, 0.15) is 33.1 Å². The number of hydrogen-bond donors (Lipinski definition) is 2. The summed E-state index contributed by atoms with van der Waals surface area (Å²) in [5, 5.41) is 0. The molecule has 0 radical (unpaired) electrons. The molecule has 0 spiro atoms. The van der Waals surface area contributed by atoms with E-state index in [0.29, 0.717) is 11.8 Å². The molecule has 0 aromatic heterocycles. The number of nitrogens with two attached hydrogens (primary N) is 1. The summed E-state index contributed by atoms with van der Waals surface area (Å²) < 4.78 is 40.4. The topological polar surface area (TPSA) is 72.2 Å². The van der Waals surface area contributed by atoms with Gasteiger partial charge in [0, 0.05) is 6.04 Å². The second-order valence-electron chi connectivity index (χ2n) is 5.92. The van der Waals surface area contributed by atoms with Crippen LogP contribution < -0.4 is 10.5 Å². The van der Waals surface area contributed by atoms with E-state index in [1.165, 1.54) is 6.07 Å². The highest BCUT2D eigenvalue weighted by Gasteiger charge is 2.28. The van der Waals surface area contributed by atoms with Crippen molar-refractivity contribution in [3.05, 3.63) is 24.0 Å². The van der Waals surface area contributed by atoms with Gasteiger partial charge in [-0.15, -0.1) is 0 Å². The lowest BCUT2D eigenvalue weighted by Gasteiger charge is -2.31. The zero-order valence-electron chi connectivity index (χ0n) is 11.8. The number of sulfonamides is 1. The molecule has 1 aliphatic carbocycles. The maximum Gasteiger partial charge on any atom is 0.242 e. The van der Waals surface area contributed by atoms with Crippen molar-refractivity contribution in [1.29, 1.82) is 0 Å². The predicted molar refractivity (Wildman–Crippen MR) is 77.1 cm³/mol. The van der Waals surface area contributed by atoms with Crippen LogP contribution in [-0.4, -0.2) is 14.5 Å². The van der Waals surface area contributed by atoms with Crippen molar-refractivity contribution in [3.63, 3.8) is 0 Å². The van der Waals surface area contributed by atoms with E-state index in [4.69, 9.17) is 5.73 Å². The average Bonchev–Trinajstić information content (AvgIpc) is 2.25. The molecule has 0 saturated heterocycles. The first-order valence-corrected chi connectivity index (χ1v) is 8.33. The minimum atomic E-state index is -3.70. The van der Waals surface area contributed by atoms with Gasteiger partial charge < -0.3 is 5.73 Å². The summed E-state index contributed by atoms with van der Waals surface area (Å²) in [5.41, 5.74) is 5.55. The molecule has 1 saturated carbocycles. The first kappa shape index (κ1) is 15.3. The van der Waals surface area contributed by atoms with E-state index in [1.54, 1.807) is 0 Å². The van der Waals surface area contributed by atoms with Gasteiger partial charge in [0.1, 0.15) is 10.7 Å². The summed E-state index contributed by atoms with van der Waals surface area (Å²) >= 11 is 0. The molecule has 112 valence electrons. The first-order chi connectivity index (χ1) is 9.28. The molecule has 1 aromatic carbocycles. The summed E-state index contributed by atoms with van der Waals surface area (Å²) in [6.07, 6.45) is 2.77. The molecule has 20 heavy (non-hydrogen) atoms. The Morgan fingerprint density at radius 1 is 1.20 bits per heavy atom. The number of hydrogen-bond acceptors (Lipinski definition) is 3. The Balaban J connectivity index is 2.18. The molecule has 6 heteroatoms. The van der Waals surface area contributed by atoms with Gasteiger partial charge in [-0.05, 0) is 49.3 Å². The molecule has 0 aliphatic heterocycles. The largest absolute Gasteiger partial charge is 0.398 e. The van der Waals surface area contributed by atoms with Gasteiger partial charge in [-0.1, -0.05) is 13.8 Å². The van der Waals surface area contributed by atoms with Gasteiger partial charge in [-0.25, -0.2) is 17.5 Å². The van der Waals surface area contributed by atoms with Crippen molar-refractivity contribution in [1.82, 2.24) is 4.72 Å². The van der Waals surface area contributed by atoms with Crippen LogP contribution in [0.5, 0.6) is 0 Å². The van der Waals surface area contributed by atoms with E-state index in [1.807, 2.05) is 0 Å². The Morgan fingerprint density at radius 2 is 1.80 bits per heavy atom. The summed E-state index contributed by atoms with van der Waals surface area (Å²) in [6, 6.07) is 3.27. The normalized spacial score (nSPS) is 27.4. The van der Waals surface area contributed by atoms with E-state index in [-0.39, 0.29) is 16.6 Å². The van der Waals surface area contributed by atoms with Crippen LogP contribution in [0.15, 0.2) is 23.1 Å². The highest BCUT2D eigenvalue weighted by molar-refractivity contribution is 7.89. The molecule has 2 unspecified atom stereocenters. The molecule has 2 atom stereocenters. The van der Waals surface area contributed by atoms with Crippen molar-refractivity contribution in [2.24, 2.45) is 11.8 Å². The summed E-state index contributed by atoms with van der Waals surface area (Å²) in [6.45, 7) is 4.26. The van der Waals surface area contributed by atoms with E-state index >= 15 is 0 Å². The molecule has 1 fully saturated rings. The molecule has 2 rings (SSSR count). The number of rotatable bonds is 3. The van der Waals surface area contributed by atoms with Crippen molar-refractivity contribution in [2.45, 2.75) is 44.0 Å². The minimum absolute atomic E-state index is 0.0511. The van der Waals surface area contributed by atoms with Gasteiger partial charge in [0.25, 0.3) is 0 Å². The molecular formula is C14H21FN2O2S. The van der Waals surface area contributed by atoms with Crippen molar-refractivity contribution in [3.8, 4) is 0 Å². The second-order valence-corrected chi connectivity index (χ2v) is 7.60. The smallest absolute Gasteiger partial charge is 0.242 e. The highest BCUT2D eigenvalue weighted by atomic mass is 32.2. The standard InChI is InChI=1S/C14H21FN2O2S/c1-9-5-10(2)7-12(6-9)17-20(18,19)14-4-3-11(15)8-13(14)16/h3-4,8-10,12,17H,5-7,16H2,1-2H3. The van der Waals surface area contributed by atoms with E-state index in [9.17, 15) is 12.8 Å². The van der Waals surface area contributed by atoms with Crippen LogP contribution in [0.4, 0.5) is 10.1 Å². The number of benzene rings is 1. The highest BCUT2D eigenvalue weighted by Crippen LogP contribution is 2.30. The molecule has 3 N–H and O–H groups in total. The molecule has 4 nitrogen and oxygen atoms in total. The third-order valence-corrected chi connectivity index (χ3v) is 5.36. The Labute approximate surface area is 119 Å². The molecular weight excluding hydrogens is 279 g/mol. The average molecular weight is 300 g/mol. The second kappa shape index (κ2) is 5.69. The first-order valence-electron chi connectivity index (χ1n) is 6.85. The van der Waals surface area contributed by atoms with Gasteiger partial charge in [0.05, 0.1) is 5.69 Å². The number of halogens is 1. The van der Waals surface area contributed by atoms with Crippen molar-refractivity contribution in [2.75, 3.05) is 5.73 Å². The Kier molecular flexibility index (Phi) is 4.34. The SMILES string of the molecule is CC1CC(C)CC(NS(=O)(=O)c2ccc(F)cc2N)C1. The maximum atomic E-state index is 13.0. The number of nitrogen functional groups attached to an aromatic ring is 1. The summed E-state index contributed by atoms with van der Waals surface area (Å²) in [5.74, 6) is 0.454. The molecule has 0 amide bonds. The van der Waals surface area contributed by atoms with Gasteiger partial charge in [-0.3, -0.25) is 0 Å². The van der Waals surface area contributed by atoms with Gasteiger partial charge in [0.15, 0.2) is 0 Å². The molecule has 1 aliphatic rings. The fourth-order valence-corrected chi connectivity index (χ4v) is 4.46. The molecule has 0 bridgehead atoms. The van der Waals surface area contributed by atoms with E-state index in [0.717, 1.165) is 31.4 Å². The van der Waals surface area contributed by atoms with Crippen LogP contribution in [0.3, 0.4) is 0 Å². The maximum absolute atomic E-state index is 13.0. The fraction of sp³-hybridized carbons (Fsp3) is 0.571. The van der Waals surface area contributed by atoms with Crippen LogP contribution in [0.25, 0.3) is 0 Å². The zero-order chi connectivity index (χ0) is 14.9. The van der Waals surface area contributed by atoms with Crippen molar-refractivity contribution >= 4 is 15.7 Å². The Hall–Kier alpha value is -1.14. The van der Waals surface area contributed by atoms with E-state index in [2.05, 4.69) is 18.6 Å². The fourth-order valence-electron chi connectivity index (χ4n) is 3.09. The van der Waals surface area contributed by atoms with Crippen LogP contribution in [0, 0.1) is 17.7 Å². The third-order valence-electron chi connectivity index (χ3n) is 3.76. The lowest BCUT2D eigenvalue weighted by Crippen LogP contribution is -2.40. The van der Waals surface area contributed by atoms with E-state index < -0.39 is 15.8 Å². The van der Waals surface area contributed by atoms with Gasteiger partial charge in [-0.2, -0.15) is 0 Å². The monoisotopic (exact) mass is 300 g/mol. The summed E-state index contributed by atoms with van der Waals surface area (Å²) in [4.78, 5) is -0.0511. The van der Waals surface area contributed by atoms with Crippen LogP contribution in [-0.2, 0) is 10.0 Å². The Morgan fingerprint density at radius 3 is 2.35 bits per heavy atom. The quantitative estimate of drug-likeness (QED) is 0.843. The molecule has 0 heterocycles. The van der Waals surface area contributed by atoms with Crippen LogP contribution >= 0.6 is 0 Å². The molecule has 1 aromatic rings. The predicted octanol–water partition coefficient (Wildman–Crippen LogP) is 2.51. The van der Waals surface area contributed by atoms with Gasteiger partial charge >= 0.3 is 0 Å². The number of nitrogens with one attached hydrogen (secondary N) is 1. The van der Waals surface area contributed by atoms with Crippen LogP contribution in [0.2, 0.25) is 0 Å².